The van der Waals surface area contributed by atoms with Crippen molar-refractivity contribution in [2.75, 3.05) is 0 Å². The maximum atomic E-state index is 13.0. The quantitative estimate of drug-likeness (QED) is 0.302. The Morgan fingerprint density at radius 3 is 1.55 bits per heavy atom. The van der Waals surface area contributed by atoms with Gasteiger partial charge < -0.3 is 0 Å². The van der Waals surface area contributed by atoms with Crippen LogP contribution >= 0.6 is 0 Å². The zero-order valence-electron chi connectivity index (χ0n) is 13.4. The lowest BCUT2D eigenvalue weighted by atomic mass is 10.0. The van der Waals surface area contributed by atoms with E-state index >= 15 is 0 Å². The van der Waals surface area contributed by atoms with Gasteiger partial charge in [0.05, 0.1) is 5.25 Å². The molecule has 122 valence electrons. The van der Waals surface area contributed by atoms with Crippen molar-refractivity contribution in [1.82, 2.24) is 0 Å². The van der Waals surface area contributed by atoms with Crippen LogP contribution in [0.3, 0.4) is 0 Å². The molecule has 0 amide bonds. The fourth-order valence-electron chi connectivity index (χ4n) is 2.61. The predicted octanol–water partition coefficient (Wildman–Crippen LogP) is 5.77. The van der Waals surface area contributed by atoms with Crippen molar-refractivity contribution in [3.05, 3.63) is 0 Å². The van der Waals surface area contributed by atoms with Crippen LogP contribution in [0, 0.1) is 0 Å². The van der Waals surface area contributed by atoms with E-state index in [-0.39, 0.29) is 0 Å². The molecule has 1 atom stereocenters. The number of halogens is 1. The second-order valence-corrected chi connectivity index (χ2v) is 7.47. The normalized spacial score (nSPS) is 13.6. The molecule has 0 bridgehead atoms. The van der Waals surface area contributed by atoms with Crippen LogP contribution in [0.5, 0.6) is 0 Å². The van der Waals surface area contributed by atoms with E-state index in [0.29, 0.717) is 12.8 Å². The van der Waals surface area contributed by atoms with Gasteiger partial charge in [-0.2, -0.15) is 8.42 Å². The van der Waals surface area contributed by atoms with E-state index in [2.05, 4.69) is 6.92 Å². The summed E-state index contributed by atoms with van der Waals surface area (Å²) in [5.74, 6) is 0. The van der Waals surface area contributed by atoms with Crippen LogP contribution in [-0.4, -0.2) is 13.7 Å². The Kier molecular flexibility index (Phi) is 12.5. The Balaban J connectivity index is 3.46. The maximum Gasteiger partial charge on any atom is 0.305 e. The third-order valence-electron chi connectivity index (χ3n) is 3.89. The molecule has 0 spiro atoms. The second-order valence-electron chi connectivity index (χ2n) is 5.86. The lowest BCUT2D eigenvalue weighted by molar-refractivity contribution is 0.497. The summed E-state index contributed by atoms with van der Waals surface area (Å²) in [5.41, 5.74) is 0. The van der Waals surface area contributed by atoms with Crippen molar-refractivity contribution < 1.29 is 12.3 Å². The highest BCUT2D eigenvalue weighted by Crippen LogP contribution is 2.19. The fraction of sp³-hybridized carbons (Fsp3) is 1.00. The standard InChI is InChI=1S/C16H33FO2S/c1-3-5-6-7-8-9-10-11-12-13-15-16(14-4-2)20(17,18)19/h16H,3-15H2,1-2H3. The van der Waals surface area contributed by atoms with Crippen molar-refractivity contribution in [3.63, 3.8) is 0 Å². The van der Waals surface area contributed by atoms with E-state index in [1.165, 1.54) is 44.9 Å². The highest BCUT2D eigenvalue weighted by Gasteiger charge is 2.22. The molecule has 0 aromatic heterocycles. The summed E-state index contributed by atoms with van der Waals surface area (Å²) in [5, 5.41) is -0.762. The molecule has 2 nitrogen and oxygen atoms in total. The van der Waals surface area contributed by atoms with Crippen molar-refractivity contribution in [2.45, 2.75) is 103 Å². The first-order chi connectivity index (χ1) is 9.52. The SMILES string of the molecule is CCCCCCCCCCCCC(CCC)S(=O)(=O)F. The van der Waals surface area contributed by atoms with Crippen LogP contribution in [0.25, 0.3) is 0 Å². The van der Waals surface area contributed by atoms with E-state index in [4.69, 9.17) is 0 Å². The van der Waals surface area contributed by atoms with Crippen LogP contribution in [0.1, 0.15) is 97.3 Å². The van der Waals surface area contributed by atoms with Crippen molar-refractivity contribution >= 4 is 10.2 Å². The molecule has 0 saturated heterocycles. The van der Waals surface area contributed by atoms with Crippen LogP contribution < -0.4 is 0 Å². The topological polar surface area (TPSA) is 34.1 Å². The van der Waals surface area contributed by atoms with Crippen LogP contribution in [0.4, 0.5) is 3.89 Å². The van der Waals surface area contributed by atoms with Gasteiger partial charge in [-0.3, -0.25) is 0 Å². The third-order valence-corrected chi connectivity index (χ3v) is 5.16. The molecule has 4 heteroatoms. The molecule has 0 aromatic carbocycles. The smallest absolute Gasteiger partial charge is 0.195 e. The van der Waals surface area contributed by atoms with Gasteiger partial charge in [-0.25, -0.2) is 0 Å². The Bertz CT molecular complexity index is 302. The molecule has 0 rings (SSSR count). The third kappa shape index (κ3) is 11.7. The molecule has 0 radical (unpaired) electrons. The van der Waals surface area contributed by atoms with E-state index in [9.17, 15) is 12.3 Å². The molecule has 0 fully saturated rings. The zero-order valence-corrected chi connectivity index (χ0v) is 14.2. The molecule has 20 heavy (non-hydrogen) atoms. The first-order valence-electron chi connectivity index (χ1n) is 8.45. The molecule has 0 heterocycles. The predicted molar refractivity (Wildman–Crippen MR) is 85.2 cm³/mol. The number of rotatable bonds is 14. The minimum Gasteiger partial charge on any atom is -0.195 e. The first-order valence-corrected chi connectivity index (χ1v) is 9.90. The average Bonchev–Trinajstić information content (AvgIpc) is 2.38. The summed E-state index contributed by atoms with van der Waals surface area (Å²) >= 11 is 0. The van der Waals surface area contributed by atoms with Crippen LogP contribution in [-0.2, 0) is 10.2 Å². The molecular formula is C16H33FO2S. The zero-order chi connectivity index (χ0) is 15.3. The minimum absolute atomic E-state index is 0.455. The minimum atomic E-state index is -4.34. The van der Waals surface area contributed by atoms with Crippen molar-refractivity contribution in [2.24, 2.45) is 0 Å². The summed E-state index contributed by atoms with van der Waals surface area (Å²) < 4.78 is 34.9. The molecule has 0 aromatic rings. The van der Waals surface area contributed by atoms with E-state index in [1.54, 1.807) is 0 Å². The average molecular weight is 309 g/mol. The van der Waals surface area contributed by atoms with Gasteiger partial charge in [-0.15, -0.1) is 3.89 Å². The highest BCUT2D eigenvalue weighted by atomic mass is 32.3. The Labute approximate surface area is 125 Å². The second kappa shape index (κ2) is 12.6. The monoisotopic (exact) mass is 308 g/mol. The van der Waals surface area contributed by atoms with Gasteiger partial charge in [0, 0.05) is 0 Å². The molecule has 0 saturated carbocycles. The Morgan fingerprint density at radius 1 is 0.700 bits per heavy atom. The first kappa shape index (κ1) is 19.9. The fourth-order valence-corrected chi connectivity index (χ4v) is 3.57. The Morgan fingerprint density at radius 2 is 1.15 bits per heavy atom. The summed E-state index contributed by atoms with van der Waals surface area (Å²) in [7, 11) is -4.34. The van der Waals surface area contributed by atoms with Gasteiger partial charge in [0.25, 0.3) is 0 Å². The molecule has 0 N–H and O–H groups in total. The van der Waals surface area contributed by atoms with E-state index in [1.807, 2.05) is 6.92 Å². The van der Waals surface area contributed by atoms with Gasteiger partial charge in [-0.1, -0.05) is 84.5 Å². The molecule has 0 aliphatic carbocycles. The van der Waals surface area contributed by atoms with Crippen molar-refractivity contribution in [1.29, 1.82) is 0 Å². The number of hydrogen-bond donors (Lipinski definition) is 0. The lowest BCUT2D eigenvalue weighted by Crippen LogP contribution is -2.16. The molecule has 1 unspecified atom stereocenters. The summed E-state index contributed by atoms with van der Waals surface area (Å²) in [4.78, 5) is 0. The Hall–Kier alpha value is -0.120. The van der Waals surface area contributed by atoms with Gasteiger partial charge in [-0.05, 0) is 12.8 Å². The molecule has 0 aliphatic rings. The van der Waals surface area contributed by atoms with Gasteiger partial charge in [0.2, 0.25) is 0 Å². The van der Waals surface area contributed by atoms with Gasteiger partial charge >= 0.3 is 10.2 Å². The number of unbranched alkanes of at least 4 members (excludes halogenated alkanes) is 9. The lowest BCUT2D eigenvalue weighted by Gasteiger charge is -2.11. The largest absolute Gasteiger partial charge is 0.305 e. The van der Waals surface area contributed by atoms with Gasteiger partial charge in [0.15, 0.2) is 0 Å². The summed E-state index contributed by atoms with van der Waals surface area (Å²) in [6.45, 7) is 4.13. The molecule has 0 aliphatic heterocycles. The van der Waals surface area contributed by atoms with Crippen molar-refractivity contribution in [3.8, 4) is 0 Å². The van der Waals surface area contributed by atoms with Gasteiger partial charge in [0.1, 0.15) is 0 Å². The molecular weight excluding hydrogens is 275 g/mol. The summed E-state index contributed by atoms with van der Waals surface area (Å²) in [6.07, 6.45) is 13.8. The number of hydrogen-bond acceptors (Lipinski definition) is 2. The van der Waals surface area contributed by atoms with E-state index < -0.39 is 15.5 Å². The summed E-state index contributed by atoms with van der Waals surface area (Å²) in [6, 6.07) is 0. The maximum absolute atomic E-state index is 13.0. The highest BCUT2D eigenvalue weighted by molar-refractivity contribution is 7.87. The van der Waals surface area contributed by atoms with Crippen LogP contribution in [0.2, 0.25) is 0 Å². The van der Waals surface area contributed by atoms with E-state index in [0.717, 1.165) is 25.7 Å². The van der Waals surface area contributed by atoms with Crippen LogP contribution in [0.15, 0.2) is 0 Å².